The summed E-state index contributed by atoms with van der Waals surface area (Å²) in [7, 11) is -3.86. The molecule has 0 atom stereocenters. The Bertz CT molecular complexity index is 1450. The molecule has 1 aliphatic heterocycles. The number of benzene rings is 1. The molecule has 180 valence electrons. The van der Waals surface area contributed by atoms with E-state index >= 15 is 0 Å². The molecule has 1 amide bonds. The van der Waals surface area contributed by atoms with Crippen molar-refractivity contribution >= 4 is 54.6 Å². The summed E-state index contributed by atoms with van der Waals surface area (Å²) in [4.78, 5) is 23.6. The van der Waals surface area contributed by atoms with Crippen LogP contribution in [0.1, 0.15) is 15.2 Å². The number of pyridine rings is 2. The number of carbonyl (C=O) groups excluding carboxylic acids is 1. The van der Waals surface area contributed by atoms with Crippen molar-refractivity contribution < 1.29 is 17.9 Å². The molecule has 4 aromatic rings. The summed E-state index contributed by atoms with van der Waals surface area (Å²) in [5.74, 6) is 0.245. The summed E-state index contributed by atoms with van der Waals surface area (Å²) in [5, 5.41) is 3.95. The topological polar surface area (TPSA) is 101 Å². The SMILES string of the molecule is O=C(NCc1ccc(S(=O)(=O)c2ccnc(N3CCOCC3)c2Cl)cc1)c1cc2ccncc2s1. The Labute approximate surface area is 211 Å². The fourth-order valence-corrected chi connectivity index (χ4v) is 6.60. The summed E-state index contributed by atoms with van der Waals surface area (Å²) >= 11 is 7.88. The van der Waals surface area contributed by atoms with Crippen molar-refractivity contribution in [2.75, 3.05) is 31.2 Å². The first-order chi connectivity index (χ1) is 16.9. The van der Waals surface area contributed by atoms with Gasteiger partial charge in [-0.1, -0.05) is 23.7 Å². The maximum absolute atomic E-state index is 13.3. The van der Waals surface area contributed by atoms with Gasteiger partial charge in [0.25, 0.3) is 5.91 Å². The van der Waals surface area contributed by atoms with Gasteiger partial charge in [0.1, 0.15) is 10.8 Å². The van der Waals surface area contributed by atoms with Gasteiger partial charge in [-0.2, -0.15) is 0 Å². The van der Waals surface area contributed by atoms with Gasteiger partial charge < -0.3 is 15.0 Å². The van der Waals surface area contributed by atoms with Crippen LogP contribution in [0.4, 0.5) is 5.82 Å². The highest BCUT2D eigenvalue weighted by Crippen LogP contribution is 2.34. The van der Waals surface area contributed by atoms with Crippen molar-refractivity contribution in [3.8, 4) is 0 Å². The second-order valence-electron chi connectivity index (χ2n) is 7.90. The molecule has 0 aliphatic carbocycles. The Morgan fingerprint density at radius 2 is 1.89 bits per heavy atom. The fraction of sp³-hybridized carbons (Fsp3) is 0.208. The van der Waals surface area contributed by atoms with E-state index in [0.29, 0.717) is 37.0 Å². The van der Waals surface area contributed by atoms with E-state index in [2.05, 4.69) is 15.3 Å². The van der Waals surface area contributed by atoms with E-state index < -0.39 is 9.84 Å². The van der Waals surface area contributed by atoms with Crippen LogP contribution in [0.3, 0.4) is 0 Å². The van der Waals surface area contributed by atoms with Crippen molar-refractivity contribution in [1.29, 1.82) is 0 Å². The molecule has 1 aliphatic rings. The number of nitrogens with zero attached hydrogens (tertiary/aromatic N) is 3. The Balaban J connectivity index is 1.30. The molecule has 4 heterocycles. The number of halogens is 1. The normalized spacial score (nSPS) is 14.3. The molecule has 0 bridgehead atoms. The van der Waals surface area contributed by atoms with E-state index in [1.807, 2.05) is 17.0 Å². The summed E-state index contributed by atoms with van der Waals surface area (Å²) in [6, 6.07) is 11.5. The van der Waals surface area contributed by atoms with Crippen LogP contribution in [-0.2, 0) is 21.1 Å². The third kappa shape index (κ3) is 4.87. The first kappa shape index (κ1) is 23.7. The molecule has 3 aromatic heterocycles. The summed E-state index contributed by atoms with van der Waals surface area (Å²) in [6.45, 7) is 2.52. The van der Waals surface area contributed by atoms with Crippen LogP contribution in [0.5, 0.6) is 0 Å². The molecule has 0 radical (unpaired) electrons. The average Bonchev–Trinajstić information content (AvgIpc) is 3.33. The highest BCUT2D eigenvalue weighted by atomic mass is 35.5. The molecule has 1 fully saturated rings. The number of ether oxygens (including phenoxy) is 1. The molecule has 8 nitrogen and oxygen atoms in total. The Morgan fingerprint density at radius 1 is 1.11 bits per heavy atom. The van der Waals surface area contributed by atoms with E-state index in [1.54, 1.807) is 24.5 Å². The quantitative estimate of drug-likeness (QED) is 0.404. The number of fused-ring (bicyclic) bond motifs is 1. The molecule has 0 unspecified atom stereocenters. The average molecular weight is 529 g/mol. The number of amides is 1. The van der Waals surface area contributed by atoms with Gasteiger partial charge in [0.05, 0.1) is 32.6 Å². The smallest absolute Gasteiger partial charge is 0.261 e. The van der Waals surface area contributed by atoms with Gasteiger partial charge in [-0.05, 0) is 41.3 Å². The number of rotatable bonds is 6. The number of anilines is 1. The van der Waals surface area contributed by atoms with Crippen LogP contribution in [0, 0.1) is 0 Å². The zero-order valence-electron chi connectivity index (χ0n) is 18.5. The predicted molar refractivity (Wildman–Crippen MR) is 135 cm³/mol. The Hall–Kier alpha value is -3.05. The zero-order chi connectivity index (χ0) is 24.4. The fourth-order valence-electron chi connectivity index (χ4n) is 3.80. The number of sulfone groups is 1. The lowest BCUT2D eigenvalue weighted by Crippen LogP contribution is -2.37. The summed E-state index contributed by atoms with van der Waals surface area (Å²) in [6.07, 6.45) is 4.88. The summed E-state index contributed by atoms with van der Waals surface area (Å²) < 4.78 is 32.9. The molecule has 1 aromatic carbocycles. The van der Waals surface area contributed by atoms with Gasteiger partial charge in [-0.3, -0.25) is 9.78 Å². The number of hydrogen-bond donors (Lipinski definition) is 1. The van der Waals surface area contributed by atoms with Crippen LogP contribution in [0.15, 0.2) is 70.8 Å². The van der Waals surface area contributed by atoms with E-state index in [-0.39, 0.29) is 27.3 Å². The Kier molecular flexibility index (Phi) is 6.70. The number of morpholine rings is 1. The summed E-state index contributed by atoms with van der Waals surface area (Å²) in [5.41, 5.74) is 0.773. The van der Waals surface area contributed by atoms with Crippen molar-refractivity contribution in [1.82, 2.24) is 15.3 Å². The lowest BCUT2D eigenvalue weighted by molar-refractivity contribution is 0.0955. The minimum atomic E-state index is -3.86. The maximum atomic E-state index is 13.3. The van der Waals surface area contributed by atoms with E-state index in [0.717, 1.165) is 15.6 Å². The van der Waals surface area contributed by atoms with Crippen molar-refractivity contribution in [2.45, 2.75) is 16.3 Å². The van der Waals surface area contributed by atoms with Gasteiger partial charge in [-0.25, -0.2) is 13.4 Å². The van der Waals surface area contributed by atoms with Crippen molar-refractivity contribution in [3.63, 3.8) is 0 Å². The number of aromatic nitrogens is 2. The standard InChI is InChI=1S/C24H21ClN4O4S2/c25-22-21(6-8-27-23(22)29-9-11-33-12-10-29)35(31,32)18-3-1-16(2-4-18)14-28-24(30)19-13-17-5-7-26-15-20(17)34-19/h1-8,13,15H,9-12,14H2,(H,28,30). The number of carbonyl (C=O) groups is 1. The second-order valence-corrected chi connectivity index (χ2v) is 11.3. The van der Waals surface area contributed by atoms with Gasteiger partial charge in [-0.15, -0.1) is 11.3 Å². The molecule has 11 heteroatoms. The highest BCUT2D eigenvalue weighted by Gasteiger charge is 2.26. The number of thiophene rings is 1. The van der Waals surface area contributed by atoms with Crippen LogP contribution in [0.2, 0.25) is 5.02 Å². The zero-order valence-corrected chi connectivity index (χ0v) is 20.9. The van der Waals surface area contributed by atoms with Crippen LogP contribution in [-0.4, -0.2) is 50.6 Å². The Morgan fingerprint density at radius 3 is 2.63 bits per heavy atom. The van der Waals surface area contributed by atoms with E-state index in [1.165, 1.54) is 35.7 Å². The predicted octanol–water partition coefficient (Wildman–Crippen LogP) is 3.94. The van der Waals surface area contributed by atoms with Gasteiger partial charge >= 0.3 is 0 Å². The lowest BCUT2D eigenvalue weighted by Gasteiger charge is -2.28. The first-order valence-electron chi connectivity index (χ1n) is 10.9. The third-order valence-corrected chi connectivity index (χ3v) is 9.05. The van der Waals surface area contributed by atoms with Gasteiger partial charge in [0, 0.05) is 38.2 Å². The van der Waals surface area contributed by atoms with Crippen molar-refractivity contribution in [3.05, 3.63) is 76.5 Å². The minimum absolute atomic E-state index is 0.0102. The lowest BCUT2D eigenvalue weighted by atomic mass is 10.2. The van der Waals surface area contributed by atoms with Crippen molar-refractivity contribution in [2.24, 2.45) is 0 Å². The van der Waals surface area contributed by atoms with Crippen LogP contribution >= 0.6 is 22.9 Å². The minimum Gasteiger partial charge on any atom is -0.378 e. The van der Waals surface area contributed by atoms with Gasteiger partial charge in [0.15, 0.2) is 0 Å². The van der Waals surface area contributed by atoms with E-state index in [4.69, 9.17) is 16.3 Å². The molecule has 0 saturated carbocycles. The molecular formula is C24H21ClN4O4S2. The first-order valence-corrected chi connectivity index (χ1v) is 13.5. The van der Waals surface area contributed by atoms with Crippen LogP contribution < -0.4 is 10.2 Å². The van der Waals surface area contributed by atoms with Gasteiger partial charge in [0.2, 0.25) is 9.84 Å². The highest BCUT2D eigenvalue weighted by molar-refractivity contribution is 7.91. The van der Waals surface area contributed by atoms with Crippen LogP contribution in [0.25, 0.3) is 10.1 Å². The second kappa shape index (κ2) is 9.90. The molecule has 5 rings (SSSR count). The molecular weight excluding hydrogens is 508 g/mol. The third-order valence-electron chi connectivity index (χ3n) is 5.67. The maximum Gasteiger partial charge on any atom is 0.261 e. The molecule has 0 spiro atoms. The molecule has 35 heavy (non-hydrogen) atoms. The monoisotopic (exact) mass is 528 g/mol. The number of nitrogens with one attached hydrogen (secondary N) is 1. The van der Waals surface area contributed by atoms with E-state index in [9.17, 15) is 13.2 Å². The largest absolute Gasteiger partial charge is 0.378 e. The molecule has 1 saturated heterocycles. The molecule has 1 N–H and O–H groups in total. The number of hydrogen-bond acceptors (Lipinski definition) is 8.